The van der Waals surface area contributed by atoms with E-state index in [0.29, 0.717) is 12.7 Å². The summed E-state index contributed by atoms with van der Waals surface area (Å²) in [7, 11) is 0. The summed E-state index contributed by atoms with van der Waals surface area (Å²) in [6, 6.07) is 0. The topological polar surface area (TPSA) is 18.5 Å². The van der Waals surface area contributed by atoms with Crippen LogP contribution in [-0.2, 0) is 9.47 Å². The lowest BCUT2D eigenvalue weighted by Crippen LogP contribution is -2.43. The second-order valence-corrected chi connectivity index (χ2v) is 3.72. The molecule has 2 heteroatoms. The van der Waals surface area contributed by atoms with E-state index in [2.05, 4.69) is 19.1 Å². The Morgan fingerprint density at radius 1 is 1.42 bits per heavy atom. The Bertz CT molecular complexity index is 188. The molecule has 0 saturated carbocycles. The first kappa shape index (κ1) is 8.27. The van der Waals surface area contributed by atoms with Crippen LogP contribution in [0, 0.1) is 0 Å². The third-order valence-corrected chi connectivity index (χ3v) is 2.62. The van der Waals surface area contributed by atoms with Gasteiger partial charge in [0.25, 0.3) is 0 Å². The molecule has 2 atom stereocenters. The third-order valence-electron chi connectivity index (χ3n) is 2.62. The zero-order valence-corrected chi connectivity index (χ0v) is 7.58. The number of hydrogen-bond acceptors (Lipinski definition) is 2. The Kier molecular flexibility index (Phi) is 2.20. The van der Waals surface area contributed by atoms with Crippen LogP contribution >= 0.6 is 0 Å². The fraction of sp³-hybridized carbons (Fsp3) is 0.800. The molecule has 0 N–H and O–H groups in total. The van der Waals surface area contributed by atoms with Crippen molar-refractivity contribution in [3.63, 3.8) is 0 Å². The minimum Gasteiger partial charge on any atom is -0.347 e. The maximum Gasteiger partial charge on any atom is 0.172 e. The minimum absolute atomic E-state index is 0.258. The van der Waals surface area contributed by atoms with Crippen LogP contribution in [0.3, 0.4) is 0 Å². The largest absolute Gasteiger partial charge is 0.347 e. The van der Waals surface area contributed by atoms with Crippen molar-refractivity contribution in [2.45, 2.75) is 44.5 Å². The van der Waals surface area contributed by atoms with Gasteiger partial charge < -0.3 is 9.47 Å². The molecule has 1 spiro atoms. The van der Waals surface area contributed by atoms with Crippen LogP contribution in [0.1, 0.15) is 32.6 Å². The second-order valence-electron chi connectivity index (χ2n) is 3.72. The first-order valence-electron chi connectivity index (χ1n) is 4.78. The van der Waals surface area contributed by atoms with Crippen LogP contribution in [0.25, 0.3) is 0 Å². The van der Waals surface area contributed by atoms with Crippen LogP contribution < -0.4 is 0 Å². The second kappa shape index (κ2) is 3.19. The molecule has 0 aromatic carbocycles. The Labute approximate surface area is 73.5 Å². The molecule has 0 aromatic heterocycles. The molecule has 0 unspecified atom stereocenters. The van der Waals surface area contributed by atoms with E-state index in [1.807, 2.05) is 0 Å². The van der Waals surface area contributed by atoms with Gasteiger partial charge in [-0.1, -0.05) is 12.2 Å². The average molecular weight is 168 g/mol. The van der Waals surface area contributed by atoms with Gasteiger partial charge in [-0.3, -0.25) is 0 Å². The standard InChI is InChI=1S/C10H16O2/c1-9-5-4-7-10(12-9)6-2-3-8-11-10/h2-3,9H,4-8H2,1H3/t9-,10+/m1/s1. The van der Waals surface area contributed by atoms with Gasteiger partial charge in [-0.25, -0.2) is 0 Å². The fourth-order valence-corrected chi connectivity index (χ4v) is 1.99. The Balaban J connectivity index is 2.03. The van der Waals surface area contributed by atoms with Gasteiger partial charge in [0.2, 0.25) is 0 Å². The summed E-state index contributed by atoms with van der Waals surface area (Å²) in [5.41, 5.74) is 0. The SMILES string of the molecule is C[C@@H]1CCC[C@]2(CC=CCO2)O1. The van der Waals surface area contributed by atoms with E-state index in [4.69, 9.17) is 9.47 Å². The Hall–Kier alpha value is -0.340. The van der Waals surface area contributed by atoms with Crippen molar-refractivity contribution in [3.8, 4) is 0 Å². The lowest BCUT2D eigenvalue weighted by Gasteiger charge is -2.40. The van der Waals surface area contributed by atoms with Crippen LogP contribution in [0.15, 0.2) is 12.2 Å². The van der Waals surface area contributed by atoms with Gasteiger partial charge >= 0.3 is 0 Å². The normalized spacial score (nSPS) is 41.9. The Morgan fingerprint density at radius 3 is 3.00 bits per heavy atom. The summed E-state index contributed by atoms with van der Waals surface area (Å²) in [4.78, 5) is 0. The maximum atomic E-state index is 5.84. The fourth-order valence-electron chi connectivity index (χ4n) is 1.99. The first-order chi connectivity index (χ1) is 5.81. The van der Waals surface area contributed by atoms with E-state index >= 15 is 0 Å². The summed E-state index contributed by atoms with van der Waals surface area (Å²) in [6.07, 6.45) is 8.99. The van der Waals surface area contributed by atoms with Crippen LogP contribution in [0.2, 0.25) is 0 Å². The predicted molar refractivity (Wildman–Crippen MR) is 46.8 cm³/mol. The van der Waals surface area contributed by atoms with E-state index in [9.17, 15) is 0 Å². The van der Waals surface area contributed by atoms with Crippen molar-refractivity contribution >= 4 is 0 Å². The minimum atomic E-state index is -0.258. The van der Waals surface area contributed by atoms with Gasteiger partial charge in [0.15, 0.2) is 5.79 Å². The molecule has 0 bridgehead atoms. The van der Waals surface area contributed by atoms with Crippen LogP contribution in [0.4, 0.5) is 0 Å². The lowest BCUT2D eigenvalue weighted by atomic mass is 9.98. The van der Waals surface area contributed by atoms with Gasteiger partial charge in [0, 0.05) is 12.8 Å². The monoisotopic (exact) mass is 168 g/mol. The maximum absolute atomic E-state index is 5.84. The molecular weight excluding hydrogens is 152 g/mol. The molecule has 0 radical (unpaired) electrons. The van der Waals surface area contributed by atoms with Gasteiger partial charge in [0.1, 0.15) is 0 Å². The summed E-state index contributed by atoms with van der Waals surface area (Å²) in [6.45, 7) is 2.84. The molecule has 0 aliphatic carbocycles. The lowest BCUT2D eigenvalue weighted by molar-refractivity contribution is -0.273. The van der Waals surface area contributed by atoms with E-state index in [1.165, 1.54) is 12.8 Å². The average Bonchev–Trinajstić information content (AvgIpc) is 2.05. The molecular formula is C10H16O2. The summed E-state index contributed by atoms with van der Waals surface area (Å²) >= 11 is 0. The molecule has 2 rings (SSSR count). The molecule has 12 heavy (non-hydrogen) atoms. The third kappa shape index (κ3) is 1.54. The molecule has 68 valence electrons. The van der Waals surface area contributed by atoms with Crippen molar-refractivity contribution in [1.29, 1.82) is 0 Å². The van der Waals surface area contributed by atoms with Crippen molar-refractivity contribution in [2.75, 3.05) is 6.61 Å². The van der Waals surface area contributed by atoms with Crippen molar-refractivity contribution in [3.05, 3.63) is 12.2 Å². The number of rotatable bonds is 0. The van der Waals surface area contributed by atoms with Gasteiger partial charge in [-0.15, -0.1) is 0 Å². The summed E-state index contributed by atoms with van der Waals surface area (Å²) in [5, 5.41) is 0. The highest BCUT2D eigenvalue weighted by atomic mass is 16.7. The van der Waals surface area contributed by atoms with Crippen molar-refractivity contribution < 1.29 is 9.47 Å². The number of ether oxygens (including phenoxy) is 2. The summed E-state index contributed by atoms with van der Waals surface area (Å²) < 4.78 is 11.5. The van der Waals surface area contributed by atoms with Gasteiger partial charge in [-0.05, 0) is 19.8 Å². The summed E-state index contributed by atoms with van der Waals surface area (Å²) in [5.74, 6) is -0.258. The zero-order valence-electron chi connectivity index (χ0n) is 7.58. The Morgan fingerprint density at radius 2 is 2.33 bits per heavy atom. The quantitative estimate of drug-likeness (QED) is 0.516. The van der Waals surface area contributed by atoms with Crippen molar-refractivity contribution in [1.82, 2.24) is 0 Å². The van der Waals surface area contributed by atoms with Crippen LogP contribution in [0.5, 0.6) is 0 Å². The molecule has 1 saturated heterocycles. The first-order valence-corrected chi connectivity index (χ1v) is 4.78. The highest BCUT2D eigenvalue weighted by Gasteiger charge is 2.36. The van der Waals surface area contributed by atoms with Crippen molar-refractivity contribution in [2.24, 2.45) is 0 Å². The van der Waals surface area contributed by atoms with E-state index in [1.54, 1.807) is 0 Å². The van der Waals surface area contributed by atoms with Gasteiger partial charge in [-0.2, -0.15) is 0 Å². The highest BCUT2D eigenvalue weighted by Crippen LogP contribution is 2.34. The zero-order chi connectivity index (χ0) is 8.44. The molecule has 0 amide bonds. The highest BCUT2D eigenvalue weighted by molar-refractivity contribution is 4.94. The smallest absolute Gasteiger partial charge is 0.172 e. The molecule has 1 fully saturated rings. The molecule has 2 heterocycles. The van der Waals surface area contributed by atoms with E-state index in [0.717, 1.165) is 12.8 Å². The number of hydrogen-bond donors (Lipinski definition) is 0. The predicted octanol–water partition coefficient (Wildman–Crippen LogP) is 2.25. The van der Waals surface area contributed by atoms with Gasteiger partial charge in [0.05, 0.1) is 12.7 Å². The van der Waals surface area contributed by atoms with Crippen LogP contribution in [-0.4, -0.2) is 18.5 Å². The molecule has 2 nitrogen and oxygen atoms in total. The molecule has 0 aromatic rings. The van der Waals surface area contributed by atoms with E-state index in [-0.39, 0.29) is 5.79 Å². The molecule has 2 aliphatic rings. The molecule has 2 aliphatic heterocycles. The van der Waals surface area contributed by atoms with E-state index < -0.39 is 0 Å².